The molecule has 160 valence electrons. The van der Waals surface area contributed by atoms with Gasteiger partial charge in [-0.3, -0.25) is 14.6 Å². The maximum atomic E-state index is 13.6. The topological polar surface area (TPSA) is 62.2 Å². The molecule has 8 heteroatoms. The molecule has 0 N–H and O–H groups in total. The highest BCUT2D eigenvalue weighted by atomic mass is 35.5. The molecule has 1 saturated heterocycles. The van der Waals surface area contributed by atoms with Crippen LogP contribution in [0, 0.1) is 5.92 Å². The number of benzene rings is 3. The van der Waals surface area contributed by atoms with Gasteiger partial charge >= 0.3 is 0 Å². The first-order valence-electron chi connectivity index (χ1n) is 9.89. The van der Waals surface area contributed by atoms with Gasteiger partial charge in [-0.05, 0) is 60.2 Å². The summed E-state index contributed by atoms with van der Waals surface area (Å²) in [5.41, 5.74) is 2.33. The van der Waals surface area contributed by atoms with Gasteiger partial charge in [0.15, 0.2) is 0 Å². The molecule has 5 rings (SSSR count). The van der Waals surface area contributed by atoms with Crippen molar-refractivity contribution in [2.75, 3.05) is 17.0 Å². The molecule has 0 aliphatic carbocycles. The fraction of sp³-hybridized carbons (Fsp3) is 0.125. The molecule has 0 spiro atoms. The number of methoxy groups -OCH3 is 1. The summed E-state index contributed by atoms with van der Waals surface area (Å²) >= 11 is 12.3. The molecule has 6 nitrogen and oxygen atoms in total. The number of para-hydroxylation sites is 1. The number of imide groups is 1. The van der Waals surface area contributed by atoms with Crippen LogP contribution in [-0.4, -0.2) is 30.7 Å². The highest BCUT2D eigenvalue weighted by Gasteiger charge is 2.57. The van der Waals surface area contributed by atoms with E-state index in [1.165, 1.54) is 0 Å². The van der Waals surface area contributed by atoms with E-state index in [1.807, 2.05) is 42.5 Å². The number of hydrazone groups is 1. The van der Waals surface area contributed by atoms with Crippen LogP contribution in [0.1, 0.15) is 5.56 Å². The van der Waals surface area contributed by atoms with Crippen molar-refractivity contribution >= 4 is 52.1 Å². The Morgan fingerprint density at radius 2 is 1.50 bits per heavy atom. The van der Waals surface area contributed by atoms with Gasteiger partial charge in [0.2, 0.25) is 5.91 Å². The first-order valence-corrected chi connectivity index (χ1v) is 10.6. The molecule has 3 aromatic carbocycles. The van der Waals surface area contributed by atoms with Gasteiger partial charge < -0.3 is 4.74 Å². The molecule has 2 aliphatic heterocycles. The van der Waals surface area contributed by atoms with E-state index in [-0.39, 0.29) is 11.8 Å². The lowest BCUT2D eigenvalue weighted by atomic mass is 9.93. The van der Waals surface area contributed by atoms with Crippen LogP contribution in [0.4, 0.5) is 11.4 Å². The van der Waals surface area contributed by atoms with Crippen LogP contribution in [0.15, 0.2) is 77.9 Å². The molecule has 0 aromatic heterocycles. The summed E-state index contributed by atoms with van der Waals surface area (Å²) < 4.78 is 5.24. The lowest BCUT2D eigenvalue weighted by Gasteiger charge is -2.22. The van der Waals surface area contributed by atoms with E-state index in [9.17, 15) is 9.59 Å². The number of halogens is 2. The second kappa shape index (κ2) is 7.97. The number of anilines is 2. The molecule has 2 aliphatic rings. The molecule has 2 atom stereocenters. The van der Waals surface area contributed by atoms with E-state index in [0.29, 0.717) is 27.2 Å². The summed E-state index contributed by atoms with van der Waals surface area (Å²) in [5.74, 6) is -0.831. The van der Waals surface area contributed by atoms with Gasteiger partial charge in [0, 0.05) is 10.0 Å². The maximum absolute atomic E-state index is 13.6. The van der Waals surface area contributed by atoms with Crippen LogP contribution in [0.2, 0.25) is 10.0 Å². The number of nitrogens with zero attached hydrogens (tertiary/aromatic N) is 3. The maximum Gasteiger partial charge on any atom is 0.259 e. The monoisotopic (exact) mass is 465 g/mol. The molecule has 32 heavy (non-hydrogen) atoms. The Kier molecular flexibility index (Phi) is 5.12. The van der Waals surface area contributed by atoms with Crippen LogP contribution >= 0.6 is 23.2 Å². The molecular formula is C24H17Cl2N3O3. The smallest absolute Gasteiger partial charge is 0.259 e. The van der Waals surface area contributed by atoms with E-state index in [4.69, 9.17) is 33.0 Å². The predicted octanol–water partition coefficient (Wildman–Crippen LogP) is 4.78. The fourth-order valence-corrected chi connectivity index (χ4v) is 4.65. The zero-order valence-electron chi connectivity index (χ0n) is 16.9. The lowest BCUT2D eigenvalue weighted by molar-refractivity contribution is -0.121. The van der Waals surface area contributed by atoms with Gasteiger partial charge in [-0.1, -0.05) is 41.4 Å². The normalized spacial score (nSPS) is 19.9. The highest BCUT2D eigenvalue weighted by molar-refractivity contribution is 6.37. The van der Waals surface area contributed by atoms with Crippen LogP contribution in [-0.2, 0) is 9.59 Å². The van der Waals surface area contributed by atoms with Crippen molar-refractivity contribution in [2.24, 2.45) is 11.0 Å². The van der Waals surface area contributed by atoms with Gasteiger partial charge in [-0.15, -0.1) is 0 Å². The Hall–Kier alpha value is -3.35. The SMILES string of the molecule is COc1ccc(C2=NN(c3ccccc3)[C@@H]3C(=O)N(c4cc(Cl)cc(Cl)c4)C(=O)[C@@H]23)cc1. The van der Waals surface area contributed by atoms with E-state index in [2.05, 4.69) is 0 Å². The molecule has 0 radical (unpaired) electrons. The first-order chi connectivity index (χ1) is 15.5. The summed E-state index contributed by atoms with van der Waals surface area (Å²) in [6.07, 6.45) is 0. The molecule has 1 fully saturated rings. The second-order valence-electron chi connectivity index (χ2n) is 7.46. The molecule has 0 unspecified atom stereocenters. The molecule has 2 heterocycles. The predicted molar refractivity (Wildman–Crippen MR) is 125 cm³/mol. The average molecular weight is 466 g/mol. The Morgan fingerprint density at radius 1 is 0.844 bits per heavy atom. The first kappa shape index (κ1) is 20.5. The minimum atomic E-state index is -0.806. The van der Waals surface area contributed by atoms with Gasteiger partial charge in [0.1, 0.15) is 17.7 Å². The number of fused-ring (bicyclic) bond motifs is 1. The summed E-state index contributed by atoms with van der Waals surface area (Å²) in [4.78, 5) is 28.3. The lowest BCUT2D eigenvalue weighted by Crippen LogP contribution is -2.39. The number of amides is 2. The van der Waals surface area contributed by atoms with Gasteiger partial charge in [0.25, 0.3) is 5.91 Å². The van der Waals surface area contributed by atoms with Crippen molar-refractivity contribution in [1.82, 2.24) is 0 Å². The third kappa shape index (κ3) is 3.32. The van der Waals surface area contributed by atoms with Crippen molar-refractivity contribution in [3.05, 3.63) is 88.4 Å². The largest absolute Gasteiger partial charge is 0.497 e. The number of ether oxygens (including phenoxy) is 1. The zero-order valence-corrected chi connectivity index (χ0v) is 18.4. The van der Waals surface area contributed by atoms with Crippen molar-refractivity contribution in [3.63, 3.8) is 0 Å². The minimum Gasteiger partial charge on any atom is -0.497 e. The van der Waals surface area contributed by atoms with Crippen molar-refractivity contribution in [2.45, 2.75) is 6.04 Å². The molecule has 0 bridgehead atoms. The Bertz CT molecular complexity index is 1220. The molecule has 3 aromatic rings. The third-order valence-corrected chi connectivity index (χ3v) is 6.00. The second-order valence-corrected chi connectivity index (χ2v) is 8.33. The minimum absolute atomic E-state index is 0.342. The fourth-order valence-electron chi connectivity index (χ4n) is 4.13. The third-order valence-electron chi connectivity index (χ3n) is 5.56. The Labute approximate surface area is 194 Å². The number of carbonyl (C=O) groups is 2. The van der Waals surface area contributed by atoms with E-state index in [1.54, 1.807) is 42.5 Å². The van der Waals surface area contributed by atoms with Crippen molar-refractivity contribution in [1.29, 1.82) is 0 Å². The van der Waals surface area contributed by atoms with Crippen molar-refractivity contribution in [3.8, 4) is 5.75 Å². The van der Waals surface area contributed by atoms with E-state index in [0.717, 1.165) is 16.2 Å². The average Bonchev–Trinajstić information content (AvgIpc) is 3.30. The zero-order chi connectivity index (χ0) is 22.4. The van der Waals surface area contributed by atoms with Crippen LogP contribution < -0.4 is 14.6 Å². The molecule has 0 saturated carbocycles. The summed E-state index contributed by atoms with van der Waals surface area (Å²) in [5, 5.41) is 7.03. The summed E-state index contributed by atoms with van der Waals surface area (Å²) in [6.45, 7) is 0. The highest BCUT2D eigenvalue weighted by Crippen LogP contribution is 2.40. The van der Waals surface area contributed by atoms with Gasteiger partial charge in [-0.25, -0.2) is 4.90 Å². The van der Waals surface area contributed by atoms with Gasteiger partial charge in [0.05, 0.1) is 24.2 Å². The number of hydrogen-bond donors (Lipinski definition) is 0. The van der Waals surface area contributed by atoms with Gasteiger partial charge in [-0.2, -0.15) is 5.10 Å². The quantitative estimate of drug-likeness (QED) is 0.519. The summed E-state index contributed by atoms with van der Waals surface area (Å²) in [6, 6.07) is 20.4. The van der Waals surface area contributed by atoms with E-state index < -0.39 is 12.0 Å². The number of carbonyl (C=O) groups excluding carboxylic acids is 2. The Morgan fingerprint density at radius 3 is 2.12 bits per heavy atom. The summed E-state index contributed by atoms with van der Waals surface area (Å²) in [7, 11) is 1.59. The Balaban J connectivity index is 1.63. The molecular weight excluding hydrogens is 449 g/mol. The van der Waals surface area contributed by atoms with Crippen LogP contribution in [0.5, 0.6) is 5.75 Å². The number of hydrogen-bond acceptors (Lipinski definition) is 5. The van der Waals surface area contributed by atoms with Crippen LogP contribution in [0.3, 0.4) is 0 Å². The standard InChI is InChI=1S/C24H17Cl2N3O3/c1-32-19-9-7-14(8-10-19)21-20-22(29(27-21)17-5-3-2-4-6-17)24(31)28(23(20)30)18-12-15(25)11-16(26)13-18/h2-13,20,22H,1H3/t20-,22-/m0/s1. The van der Waals surface area contributed by atoms with Crippen LogP contribution in [0.25, 0.3) is 0 Å². The number of rotatable bonds is 4. The van der Waals surface area contributed by atoms with E-state index >= 15 is 0 Å². The molecule has 2 amide bonds. The van der Waals surface area contributed by atoms with Crippen molar-refractivity contribution < 1.29 is 14.3 Å².